The summed E-state index contributed by atoms with van der Waals surface area (Å²) in [4.78, 5) is 0. The number of ether oxygens (including phenoxy) is 3. The molecule has 0 aliphatic rings. The van der Waals surface area contributed by atoms with Gasteiger partial charge < -0.3 is 24.8 Å². The zero-order valence-corrected chi connectivity index (χ0v) is 13.2. The molecule has 0 saturated carbocycles. The molecular weight excluding hydrogens is 258 g/mol. The van der Waals surface area contributed by atoms with Crippen LogP contribution in [-0.4, -0.2) is 72.5 Å². The number of rotatable bonds is 17. The van der Waals surface area contributed by atoms with Gasteiger partial charge in [-0.1, -0.05) is 6.92 Å². The second-order valence-electron chi connectivity index (χ2n) is 4.36. The average Bonchev–Trinajstić information content (AvgIpc) is 2.47. The van der Waals surface area contributed by atoms with Crippen molar-refractivity contribution in [2.45, 2.75) is 20.3 Å². The monoisotopic (exact) mass is 291 g/mol. The van der Waals surface area contributed by atoms with Crippen molar-refractivity contribution in [1.29, 1.82) is 0 Å². The Hall–Kier alpha value is -0.240. The molecule has 0 aromatic rings. The van der Waals surface area contributed by atoms with Gasteiger partial charge in [0.15, 0.2) is 0 Å². The predicted octanol–water partition coefficient (Wildman–Crippen LogP) is 0.192. The summed E-state index contributed by atoms with van der Waals surface area (Å²) in [6.07, 6.45) is 1.17. The van der Waals surface area contributed by atoms with E-state index in [9.17, 15) is 0 Å². The van der Waals surface area contributed by atoms with Crippen LogP contribution < -0.4 is 16.0 Å². The van der Waals surface area contributed by atoms with Crippen LogP contribution >= 0.6 is 0 Å². The lowest BCUT2D eigenvalue weighted by Gasteiger charge is -2.08. The summed E-state index contributed by atoms with van der Waals surface area (Å²) in [7, 11) is 0. The lowest BCUT2D eigenvalue weighted by molar-refractivity contribution is 0.101. The molecule has 0 spiro atoms. The normalized spacial score (nSPS) is 11.1. The molecule has 0 unspecified atom stereocenters. The molecule has 0 amide bonds. The van der Waals surface area contributed by atoms with Crippen LogP contribution in [0.2, 0.25) is 0 Å². The highest BCUT2D eigenvalue weighted by Crippen LogP contribution is 1.76. The Bertz CT molecular complexity index is 156. The van der Waals surface area contributed by atoms with Crippen molar-refractivity contribution in [1.82, 2.24) is 16.0 Å². The fraction of sp³-hybridized carbons (Fsp3) is 1.00. The van der Waals surface area contributed by atoms with Gasteiger partial charge in [0, 0.05) is 32.8 Å². The van der Waals surface area contributed by atoms with Crippen LogP contribution in [0.3, 0.4) is 0 Å². The minimum absolute atomic E-state index is 0.600. The van der Waals surface area contributed by atoms with E-state index < -0.39 is 0 Å². The van der Waals surface area contributed by atoms with Crippen molar-refractivity contribution in [3.8, 4) is 0 Å². The molecule has 122 valence electrons. The van der Waals surface area contributed by atoms with Gasteiger partial charge >= 0.3 is 0 Å². The van der Waals surface area contributed by atoms with Gasteiger partial charge in [0.05, 0.1) is 33.2 Å². The van der Waals surface area contributed by atoms with Gasteiger partial charge in [0.1, 0.15) is 0 Å². The summed E-state index contributed by atoms with van der Waals surface area (Å²) >= 11 is 0. The van der Waals surface area contributed by atoms with Crippen molar-refractivity contribution in [3.05, 3.63) is 0 Å². The van der Waals surface area contributed by atoms with Crippen LogP contribution in [0.25, 0.3) is 0 Å². The first-order valence-electron chi connectivity index (χ1n) is 7.77. The topological polar surface area (TPSA) is 63.8 Å². The molecule has 3 N–H and O–H groups in total. The van der Waals surface area contributed by atoms with Crippen molar-refractivity contribution < 1.29 is 14.2 Å². The first kappa shape index (κ1) is 19.8. The molecule has 0 radical (unpaired) electrons. The van der Waals surface area contributed by atoms with Crippen molar-refractivity contribution in [2.24, 2.45) is 0 Å². The summed E-state index contributed by atoms with van der Waals surface area (Å²) in [5, 5.41) is 9.71. The first-order chi connectivity index (χ1) is 9.91. The van der Waals surface area contributed by atoms with E-state index in [4.69, 9.17) is 14.2 Å². The molecule has 0 aromatic heterocycles. The lowest BCUT2D eigenvalue weighted by atomic mass is 10.5. The van der Waals surface area contributed by atoms with E-state index in [1.807, 2.05) is 6.92 Å². The second-order valence-corrected chi connectivity index (χ2v) is 4.36. The highest BCUT2D eigenvalue weighted by Gasteiger charge is 1.91. The van der Waals surface area contributed by atoms with E-state index in [0.717, 1.165) is 59.2 Å². The number of hydrogen-bond acceptors (Lipinski definition) is 6. The van der Waals surface area contributed by atoms with Gasteiger partial charge in [0.25, 0.3) is 0 Å². The van der Waals surface area contributed by atoms with Crippen LogP contribution in [0.4, 0.5) is 0 Å². The molecule has 6 nitrogen and oxygen atoms in total. The fourth-order valence-corrected chi connectivity index (χ4v) is 1.45. The van der Waals surface area contributed by atoms with Gasteiger partial charge in [-0.15, -0.1) is 0 Å². The molecule has 20 heavy (non-hydrogen) atoms. The van der Waals surface area contributed by atoms with E-state index in [2.05, 4.69) is 22.9 Å². The standard InChI is InChI=1S/C14H33N3O3/c1-3-5-15-6-10-19-11-7-16-8-12-20-13-9-17-14-18-4-2/h15-17H,3-14H2,1-2H3. The Labute approximate surface area is 123 Å². The summed E-state index contributed by atoms with van der Waals surface area (Å²) in [6.45, 7) is 13.0. The van der Waals surface area contributed by atoms with E-state index >= 15 is 0 Å². The fourth-order valence-electron chi connectivity index (χ4n) is 1.45. The van der Waals surface area contributed by atoms with Crippen molar-refractivity contribution in [2.75, 3.05) is 72.5 Å². The molecule has 0 fully saturated rings. The van der Waals surface area contributed by atoms with Gasteiger partial charge in [-0.3, -0.25) is 5.32 Å². The molecule has 0 aliphatic heterocycles. The van der Waals surface area contributed by atoms with E-state index in [1.165, 1.54) is 6.42 Å². The molecule has 0 aromatic carbocycles. The third kappa shape index (κ3) is 17.8. The van der Waals surface area contributed by atoms with Crippen LogP contribution in [0.1, 0.15) is 20.3 Å². The molecule has 6 heteroatoms. The minimum Gasteiger partial charge on any atom is -0.379 e. The Morgan fingerprint density at radius 3 is 1.60 bits per heavy atom. The van der Waals surface area contributed by atoms with Gasteiger partial charge in [-0.2, -0.15) is 0 Å². The molecular formula is C14H33N3O3. The molecule has 0 rings (SSSR count). The van der Waals surface area contributed by atoms with E-state index in [-0.39, 0.29) is 0 Å². The molecule has 0 aliphatic carbocycles. The Morgan fingerprint density at radius 1 is 0.600 bits per heavy atom. The highest BCUT2D eigenvalue weighted by atomic mass is 16.5. The van der Waals surface area contributed by atoms with Crippen LogP contribution in [0.5, 0.6) is 0 Å². The summed E-state index contributed by atoms with van der Waals surface area (Å²) < 4.78 is 16.1. The van der Waals surface area contributed by atoms with E-state index in [1.54, 1.807) is 0 Å². The zero-order valence-electron chi connectivity index (χ0n) is 13.2. The predicted molar refractivity (Wildman–Crippen MR) is 82.2 cm³/mol. The van der Waals surface area contributed by atoms with E-state index in [0.29, 0.717) is 13.3 Å². The lowest BCUT2D eigenvalue weighted by Crippen LogP contribution is -2.27. The second kappa shape index (κ2) is 18.8. The smallest absolute Gasteiger partial charge is 0.0965 e. The number of hydrogen-bond donors (Lipinski definition) is 3. The molecule has 0 heterocycles. The van der Waals surface area contributed by atoms with Crippen LogP contribution in [-0.2, 0) is 14.2 Å². The molecule has 0 saturated heterocycles. The maximum atomic E-state index is 5.47. The highest BCUT2D eigenvalue weighted by molar-refractivity contribution is 4.48. The third-order valence-corrected chi connectivity index (χ3v) is 2.53. The Balaban J connectivity index is 2.89. The molecule has 0 bridgehead atoms. The third-order valence-electron chi connectivity index (χ3n) is 2.53. The average molecular weight is 291 g/mol. The SMILES string of the molecule is CCCNCCOCCNCCOCCNCOCC. The summed E-state index contributed by atoms with van der Waals surface area (Å²) in [5.41, 5.74) is 0. The van der Waals surface area contributed by atoms with Gasteiger partial charge in [0.2, 0.25) is 0 Å². The summed E-state index contributed by atoms with van der Waals surface area (Å²) in [6, 6.07) is 0. The quantitative estimate of drug-likeness (QED) is 0.263. The zero-order chi connectivity index (χ0) is 14.7. The van der Waals surface area contributed by atoms with Crippen LogP contribution in [0, 0.1) is 0 Å². The summed E-state index contributed by atoms with van der Waals surface area (Å²) in [5.74, 6) is 0. The van der Waals surface area contributed by atoms with Crippen molar-refractivity contribution >= 4 is 0 Å². The maximum Gasteiger partial charge on any atom is 0.0965 e. The van der Waals surface area contributed by atoms with Crippen molar-refractivity contribution in [3.63, 3.8) is 0 Å². The Morgan fingerprint density at radius 2 is 1.10 bits per heavy atom. The molecule has 0 atom stereocenters. The Kier molecular flexibility index (Phi) is 18.5. The van der Waals surface area contributed by atoms with Gasteiger partial charge in [-0.05, 0) is 19.9 Å². The first-order valence-corrected chi connectivity index (χ1v) is 7.77. The number of nitrogens with one attached hydrogen (secondary N) is 3. The largest absolute Gasteiger partial charge is 0.379 e. The minimum atomic E-state index is 0.600. The van der Waals surface area contributed by atoms with Crippen LogP contribution in [0.15, 0.2) is 0 Å². The maximum absolute atomic E-state index is 5.47. The van der Waals surface area contributed by atoms with Gasteiger partial charge in [-0.25, -0.2) is 0 Å².